The molecule has 1 aromatic heterocycles. The van der Waals surface area contributed by atoms with Crippen molar-refractivity contribution >= 4 is 17.7 Å². The molecule has 1 aliphatic heterocycles. The van der Waals surface area contributed by atoms with Crippen molar-refractivity contribution in [3.8, 4) is 0 Å². The van der Waals surface area contributed by atoms with Crippen LogP contribution in [0.3, 0.4) is 0 Å². The van der Waals surface area contributed by atoms with Gasteiger partial charge in [-0.15, -0.1) is 0 Å². The third kappa shape index (κ3) is 3.40. The summed E-state index contributed by atoms with van der Waals surface area (Å²) in [4.78, 5) is 40.5. The van der Waals surface area contributed by atoms with Crippen molar-refractivity contribution in [2.75, 3.05) is 18.6 Å². The van der Waals surface area contributed by atoms with Crippen molar-refractivity contribution in [1.82, 2.24) is 4.98 Å². The first-order valence-electron chi connectivity index (χ1n) is 7.93. The highest BCUT2D eigenvalue weighted by molar-refractivity contribution is 6.01. The smallest absolute Gasteiger partial charge is 0.414 e. The molecule has 7 heteroatoms. The molecule has 0 fully saturated rings. The monoisotopic (exact) mass is 342 g/mol. The minimum Gasteiger partial charge on any atom is -0.465 e. The van der Waals surface area contributed by atoms with Gasteiger partial charge in [-0.05, 0) is 18.4 Å². The van der Waals surface area contributed by atoms with E-state index in [2.05, 4.69) is 4.98 Å². The van der Waals surface area contributed by atoms with Gasteiger partial charge in [-0.3, -0.25) is 9.69 Å². The van der Waals surface area contributed by atoms with Gasteiger partial charge in [0.15, 0.2) is 0 Å². The van der Waals surface area contributed by atoms with Gasteiger partial charge in [0, 0.05) is 18.3 Å². The molecule has 7 nitrogen and oxygen atoms in total. The number of fused-ring (bicyclic) bond motifs is 1. The molecule has 3 rings (SSSR count). The summed E-state index contributed by atoms with van der Waals surface area (Å²) in [6, 6.07) is 9.29. The maximum atomic E-state index is 12.5. The number of nitrogens with one attached hydrogen (secondary N) is 1. The summed E-state index contributed by atoms with van der Waals surface area (Å²) in [6.07, 6.45) is 1.77. The number of aromatic nitrogens is 1. The van der Waals surface area contributed by atoms with E-state index in [9.17, 15) is 14.4 Å². The Morgan fingerprint density at radius 2 is 2.00 bits per heavy atom. The van der Waals surface area contributed by atoms with Gasteiger partial charge in [-0.2, -0.15) is 0 Å². The van der Waals surface area contributed by atoms with Crippen molar-refractivity contribution in [2.24, 2.45) is 0 Å². The summed E-state index contributed by atoms with van der Waals surface area (Å²) in [5.41, 5.74) is 1.36. The van der Waals surface area contributed by atoms with E-state index in [-0.39, 0.29) is 23.4 Å². The molecular formula is C18H18N2O5. The van der Waals surface area contributed by atoms with Gasteiger partial charge in [0.1, 0.15) is 12.2 Å². The number of carbonyl (C=O) groups is 2. The fourth-order valence-electron chi connectivity index (χ4n) is 2.87. The van der Waals surface area contributed by atoms with Crippen LogP contribution in [0.5, 0.6) is 0 Å². The summed E-state index contributed by atoms with van der Waals surface area (Å²) < 4.78 is 10.1. The van der Waals surface area contributed by atoms with Crippen LogP contribution in [0.15, 0.2) is 41.3 Å². The fourth-order valence-corrected chi connectivity index (χ4v) is 2.87. The molecule has 1 aromatic carbocycles. The van der Waals surface area contributed by atoms with Gasteiger partial charge in [-0.25, -0.2) is 9.59 Å². The number of amides is 1. The van der Waals surface area contributed by atoms with Crippen LogP contribution in [0.2, 0.25) is 0 Å². The number of hydrogen-bond donors (Lipinski definition) is 1. The van der Waals surface area contributed by atoms with Crippen LogP contribution in [0.25, 0.3) is 0 Å². The third-order valence-electron chi connectivity index (χ3n) is 4.07. The molecule has 0 spiro atoms. The van der Waals surface area contributed by atoms with E-state index < -0.39 is 12.1 Å². The SMILES string of the molecule is COC(=O)c1c[nH]c(=O)c2c1N(C(=O)OCc1ccccc1)CCC2. The van der Waals surface area contributed by atoms with E-state index in [0.29, 0.717) is 24.9 Å². The molecule has 2 aromatic rings. The topological polar surface area (TPSA) is 88.7 Å². The normalized spacial score (nSPS) is 13.1. The van der Waals surface area contributed by atoms with E-state index in [1.54, 1.807) is 0 Å². The van der Waals surface area contributed by atoms with Gasteiger partial charge < -0.3 is 14.5 Å². The Labute approximate surface area is 144 Å². The highest BCUT2D eigenvalue weighted by atomic mass is 16.6. The zero-order chi connectivity index (χ0) is 17.8. The summed E-state index contributed by atoms with van der Waals surface area (Å²) in [5, 5.41) is 0. The number of hydrogen-bond acceptors (Lipinski definition) is 5. The van der Waals surface area contributed by atoms with E-state index in [1.807, 2.05) is 30.3 Å². The lowest BCUT2D eigenvalue weighted by Gasteiger charge is -2.29. The molecule has 0 atom stereocenters. The van der Waals surface area contributed by atoms with Crippen LogP contribution < -0.4 is 10.5 Å². The largest absolute Gasteiger partial charge is 0.465 e. The van der Waals surface area contributed by atoms with Gasteiger partial charge in [0.2, 0.25) is 0 Å². The number of methoxy groups -OCH3 is 1. The second-order valence-corrected chi connectivity index (χ2v) is 5.65. The number of ether oxygens (including phenoxy) is 2. The summed E-state index contributed by atoms with van der Waals surface area (Å²) in [5.74, 6) is -0.616. The van der Waals surface area contributed by atoms with Crippen molar-refractivity contribution in [3.05, 3.63) is 63.6 Å². The first-order chi connectivity index (χ1) is 12.1. The predicted octanol–water partition coefficient (Wildman–Crippen LogP) is 2.25. The Balaban J connectivity index is 1.89. The summed E-state index contributed by atoms with van der Waals surface area (Å²) in [6.45, 7) is 0.482. The molecule has 1 N–H and O–H groups in total. The highest BCUT2D eigenvalue weighted by Gasteiger charge is 2.31. The van der Waals surface area contributed by atoms with Gasteiger partial charge in [0.25, 0.3) is 5.56 Å². The molecule has 0 bridgehead atoms. The number of nitrogens with zero attached hydrogens (tertiary/aromatic N) is 1. The van der Waals surface area contributed by atoms with Crippen molar-refractivity contribution in [2.45, 2.75) is 19.4 Å². The molecular weight excluding hydrogens is 324 g/mol. The molecule has 0 unspecified atom stereocenters. The molecule has 25 heavy (non-hydrogen) atoms. The Kier molecular flexibility index (Phi) is 4.83. The quantitative estimate of drug-likeness (QED) is 0.864. The van der Waals surface area contributed by atoms with Crippen LogP contribution in [-0.4, -0.2) is 30.7 Å². The Bertz CT molecular complexity index is 844. The maximum Gasteiger partial charge on any atom is 0.414 e. The van der Waals surface area contributed by atoms with Crippen LogP contribution >= 0.6 is 0 Å². The molecule has 0 saturated heterocycles. The first kappa shape index (κ1) is 16.8. The minimum absolute atomic E-state index is 0.113. The van der Waals surface area contributed by atoms with Crippen LogP contribution in [0.4, 0.5) is 10.5 Å². The predicted molar refractivity (Wildman–Crippen MR) is 90.7 cm³/mol. The second kappa shape index (κ2) is 7.21. The zero-order valence-corrected chi connectivity index (χ0v) is 13.8. The van der Waals surface area contributed by atoms with Gasteiger partial charge >= 0.3 is 12.1 Å². The van der Waals surface area contributed by atoms with Crippen molar-refractivity contribution in [1.29, 1.82) is 0 Å². The molecule has 0 saturated carbocycles. The molecule has 0 aliphatic carbocycles. The van der Waals surface area contributed by atoms with E-state index in [0.717, 1.165) is 5.56 Å². The first-order valence-corrected chi connectivity index (χ1v) is 7.93. The lowest BCUT2D eigenvalue weighted by atomic mass is 10.0. The number of aromatic amines is 1. The summed E-state index contributed by atoms with van der Waals surface area (Å²) >= 11 is 0. The molecule has 0 radical (unpaired) electrons. The Morgan fingerprint density at radius 3 is 2.72 bits per heavy atom. The number of anilines is 1. The minimum atomic E-state index is -0.616. The van der Waals surface area contributed by atoms with E-state index >= 15 is 0 Å². The Morgan fingerprint density at radius 1 is 1.24 bits per heavy atom. The lowest BCUT2D eigenvalue weighted by Crippen LogP contribution is -2.39. The Hall–Kier alpha value is -3.09. The lowest BCUT2D eigenvalue weighted by molar-refractivity contribution is 0.0600. The van der Waals surface area contributed by atoms with E-state index in [4.69, 9.17) is 9.47 Å². The number of benzene rings is 1. The fraction of sp³-hybridized carbons (Fsp3) is 0.278. The average Bonchev–Trinajstić information content (AvgIpc) is 2.66. The zero-order valence-electron chi connectivity index (χ0n) is 13.8. The number of H-pyrrole nitrogens is 1. The van der Waals surface area contributed by atoms with E-state index in [1.165, 1.54) is 18.2 Å². The van der Waals surface area contributed by atoms with Crippen LogP contribution in [0.1, 0.15) is 27.9 Å². The third-order valence-corrected chi connectivity index (χ3v) is 4.07. The maximum absolute atomic E-state index is 12.5. The number of rotatable bonds is 3. The van der Waals surface area contributed by atoms with Crippen molar-refractivity contribution in [3.63, 3.8) is 0 Å². The molecule has 130 valence electrons. The van der Waals surface area contributed by atoms with Gasteiger partial charge in [0.05, 0.1) is 12.8 Å². The van der Waals surface area contributed by atoms with Crippen LogP contribution in [0, 0.1) is 0 Å². The van der Waals surface area contributed by atoms with Gasteiger partial charge in [-0.1, -0.05) is 30.3 Å². The number of carbonyl (C=O) groups excluding carboxylic acids is 2. The summed E-state index contributed by atoms with van der Waals surface area (Å²) in [7, 11) is 1.25. The second-order valence-electron chi connectivity index (χ2n) is 5.65. The molecule has 1 aliphatic rings. The molecule has 2 heterocycles. The number of esters is 1. The standard InChI is InChI=1S/C18H18N2O5/c1-24-17(22)14-10-19-16(21)13-8-5-9-20(15(13)14)18(23)25-11-12-6-3-2-4-7-12/h2-4,6-7,10H,5,8-9,11H2,1H3,(H,19,21). The average molecular weight is 342 g/mol. The van der Waals surface area contributed by atoms with Crippen LogP contribution in [-0.2, 0) is 22.5 Å². The highest BCUT2D eigenvalue weighted by Crippen LogP contribution is 2.29. The molecule has 1 amide bonds. The number of pyridine rings is 1. The van der Waals surface area contributed by atoms with Crippen molar-refractivity contribution < 1.29 is 19.1 Å².